The lowest BCUT2D eigenvalue weighted by Crippen LogP contribution is -2.41. The predicted molar refractivity (Wildman–Crippen MR) is 137 cm³/mol. The van der Waals surface area contributed by atoms with E-state index in [0.717, 1.165) is 34.5 Å². The summed E-state index contributed by atoms with van der Waals surface area (Å²) in [5.74, 6) is 2.30. The first-order valence-electron chi connectivity index (χ1n) is 11.8. The molecule has 180 valence electrons. The van der Waals surface area contributed by atoms with Crippen LogP contribution in [0.3, 0.4) is 0 Å². The number of rotatable bonds is 8. The van der Waals surface area contributed by atoms with Crippen LogP contribution in [0.5, 0.6) is 0 Å². The van der Waals surface area contributed by atoms with Crippen molar-refractivity contribution in [3.8, 4) is 5.69 Å². The highest BCUT2D eigenvalue weighted by Gasteiger charge is 2.23. The number of carbonyl (C=O) groups excluding carboxylic acids is 1. The molecule has 1 aromatic carbocycles. The van der Waals surface area contributed by atoms with Gasteiger partial charge < -0.3 is 5.32 Å². The Hall–Kier alpha value is -2.39. The third-order valence-corrected chi connectivity index (χ3v) is 7.85. The zero-order chi connectivity index (χ0) is 24.1. The van der Waals surface area contributed by atoms with Crippen LogP contribution in [0.25, 0.3) is 5.69 Å². The van der Waals surface area contributed by atoms with Crippen LogP contribution in [0, 0.1) is 26.7 Å². The third kappa shape index (κ3) is 6.39. The summed E-state index contributed by atoms with van der Waals surface area (Å²) in [6.45, 7) is 8.24. The van der Waals surface area contributed by atoms with Crippen LogP contribution in [0.15, 0.2) is 40.6 Å². The molecule has 2 heterocycles. The van der Waals surface area contributed by atoms with E-state index in [2.05, 4.69) is 63.6 Å². The van der Waals surface area contributed by atoms with Crippen molar-refractivity contribution in [2.24, 2.45) is 5.92 Å². The lowest BCUT2D eigenvalue weighted by Gasteiger charge is -2.29. The second kappa shape index (κ2) is 11.4. The van der Waals surface area contributed by atoms with Gasteiger partial charge in [0.05, 0.1) is 11.5 Å². The van der Waals surface area contributed by atoms with E-state index in [1.807, 2.05) is 24.5 Å². The fraction of sp³-hybridized carbons (Fsp3) is 0.480. The SMILES string of the molecule is Cc1ccc(-n2c(CSc3nc(C)cc(C)n3)nnc2SCC(=O)N[C@H]2CCCC[C@H]2C)cc1. The Morgan fingerprint density at radius 1 is 1.03 bits per heavy atom. The summed E-state index contributed by atoms with van der Waals surface area (Å²) in [5, 5.41) is 13.6. The molecule has 0 radical (unpaired) electrons. The van der Waals surface area contributed by atoms with Crippen LogP contribution >= 0.6 is 23.5 Å². The van der Waals surface area contributed by atoms with Gasteiger partial charge in [-0.2, -0.15) is 0 Å². The zero-order valence-corrected chi connectivity index (χ0v) is 21.9. The lowest BCUT2D eigenvalue weighted by molar-refractivity contribution is -0.119. The van der Waals surface area contributed by atoms with Gasteiger partial charge in [0.25, 0.3) is 0 Å². The standard InChI is InChI=1S/C25H32N6OS2/c1-16-9-11-20(12-10-16)31-22(14-33-24-26-18(3)13-19(4)27-24)29-30-25(31)34-15-23(32)28-21-8-6-5-7-17(21)2/h9-13,17,21H,5-8,14-15H2,1-4H3,(H,28,32)/t17-,21+/m1/s1. The van der Waals surface area contributed by atoms with Gasteiger partial charge in [-0.25, -0.2) is 9.97 Å². The van der Waals surface area contributed by atoms with Crippen molar-refractivity contribution in [2.45, 2.75) is 75.5 Å². The third-order valence-electron chi connectivity index (χ3n) is 6.07. The van der Waals surface area contributed by atoms with Gasteiger partial charge in [0, 0.05) is 23.1 Å². The van der Waals surface area contributed by atoms with Gasteiger partial charge in [-0.3, -0.25) is 9.36 Å². The maximum absolute atomic E-state index is 12.7. The van der Waals surface area contributed by atoms with Gasteiger partial charge in [-0.15, -0.1) is 10.2 Å². The van der Waals surface area contributed by atoms with Crippen molar-refractivity contribution < 1.29 is 4.79 Å². The number of nitrogens with zero attached hydrogens (tertiary/aromatic N) is 5. The summed E-state index contributed by atoms with van der Waals surface area (Å²) in [5.41, 5.74) is 4.07. The van der Waals surface area contributed by atoms with Crippen LogP contribution in [0.2, 0.25) is 0 Å². The van der Waals surface area contributed by atoms with Crippen LogP contribution in [-0.2, 0) is 10.5 Å². The number of amides is 1. The Kier molecular flexibility index (Phi) is 8.26. The van der Waals surface area contributed by atoms with E-state index in [1.54, 1.807) is 11.8 Å². The number of aromatic nitrogens is 5. The minimum Gasteiger partial charge on any atom is -0.352 e. The molecule has 34 heavy (non-hydrogen) atoms. The predicted octanol–water partition coefficient (Wildman–Crippen LogP) is 5.06. The van der Waals surface area contributed by atoms with Crippen LogP contribution in [-0.4, -0.2) is 42.4 Å². The van der Waals surface area contributed by atoms with E-state index < -0.39 is 0 Å². The highest BCUT2D eigenvalue weighted by atomic mass is 32.2. The average Bonchev–Trinajstić information content (AvgIpc) is 3.20. The summed E-state index contributed by atoms with van der Waals surface area (Å²) in [6, 6.07) is 10.5. The number of aryl methyl sites for hydroxylation is 3. The molecule has 0 saturated heterocycles. The van der Waals surface area contributed by atoms with Crippen molar-refractivity contribution in [3.05, 3.63) is 53.1 Å². The maximum atomic E-state index is 12.7. The molecular formula is C25H32N6OS2. The normalized spacial score (nSPS) is 18.1. The average molecular weight is 497 g/mol. The molecular weight excluding hydrogens is 464 g/mol. The molecule has 1 saturated carbocycles. The van der Waals surface area contributed by atoms with Gasteiger partial charge in [0.1, 0.15) is 5.82 Å². The molecule has 3 aromatic rings. The van der Waals surface area contributed by atoms with Crippen molar-refractivity contribution in [2.75, 3.05) is 5.75 Å². The van der Waals surface area contributed by atoms with Crippen LogP contribution < -0.4 is 5.32 Å². The summed E-state index contributed by atoms with van der Waals surface area (Å²) in [4.78, 5) is 21.7. The molecule has 1 N–H and O–H groups in total. The zero-order valence-electron chi connectivity index (χ0n) is 20.2. The molecule has 7 nitrogen and oxygen atoms in total. The summed E-state index contributed by atoms with van der Waals surface area (Å²) < 4.78 is 2.04. The Morgan fingerprint density at radius 2 is 1.74 bits per heavy atom. The molecule has 2 atom stereocenters. The molecule has 1 aliphatic carbocycles. The Bertz CT molecular complexity index is 1110. The summed E-state index contributed by atoms with van der Waals surface area (Å²) in [6.07, 6.45) is 4.70. The largest absolute Gasteiger partial charge is 0.352 e. The number of thioether (sulfide) groups is 2. The molecule has 0 aliphatic heterocycles. The van der Waals surface area contributed by atoms with E-state index in [0.29, 0.717) is 22.6 Å². The minimum absolute atomic E-state index is 0.0572. The van der Waals surface area contributed by atoms with E-state index in [4.69, 9.17) is 0 Å². The smallest absolute Gasteiger partial charge is 0.230 e. The van der Waals surface area contributed by atoms with Gasteiger partial charge in [-0.05, 0) is 57.7 Å². The molecule has 9 heteroatoms. The molecule has 1 fully saturated rings. The van der Waals surface area contributed by atoms with Crippen molar-refractivity contribution in [1.29, 1.82) is 0 Å². The second-order valence-electron chi connectivity index (χ2n) is 9.02. The fourth-order valence-corrected chi connectivity index (χ4v) is 5.88. The topological polar surface area (TPSA) is 85.6 Å². The van der Waals surface area contributed by atoms with Crippen LogP contribution in [0.1, 0.15) is 55.4 Å². The number of hydrogen-bond donors (Lipinski definition) is 1. The first-order valence-corrected chi connectivity index (χ1v) is 13.7. The first kappa shape index (κ1) is 24.7. The molecule has 0 spiro atoms. The number of nitrogens with one attached hydrogen (secondary N) is 1. The molecule has 1 amide bonds. The minimum atomic E-state index is 0.0572. The quantitative estimate of drug-likeness (QED) is 0.344. The molecule has 1 aliphatic rings. The Balaban J connectivity index is 1.49. The highest BCUT2D eigenvalue weighted by Crippen LogP contribution is 2.27. The van der Waals surface area contributed by atoms with E-state index in [-0.39, 0.29) is 11.9 Å². The van der Waals surface area contributed by atoms with Gasteiger partial charge in [0.2, 0.25) is 5.91 Å². The number of benzene rings is 1. The van der Waals surface area contributed by atoms with Crippen molar-refractivity contribution >= 4 is 29.4 Å². The molecule has 0 unspecified atom stereocenters. The second-order valence-corrected chi connectivity index (χ2v) is 10.9. The monoisotopic (exact) mass is 496 g/mol. The lowest BCUT2D eigenvalue weighted by atomic mass is 9.86. The highest BCUT2D eigenvalue weighted by molar-refractivity contribution is 7.99. The van der Waals surface area contributed by atoms with Crippen molar-refractivity contribution in [3.63, 3.8) is 0 Å². The van der Waals surface area contributed by atoms with Gasteiger partial charge >= 0.3 is 0 Å². The van der Waals surface area contributed by atoms with E-state index in [1.165, 1.54) is 36.6 Å². The maximum Gasteiger partial charge on any atom is 0.230 e. The van der Waals surface area contributed by atoms with Gasteiger partial charge in [-0.1, -0.05) is 61.0 Å². The Morgan fingerprint density at radius 3 is 2.44 bits per heavy atom. The number of hydrogen-bond acceptors (Lipinski definition) is 7. The Labute approximate surface area is 210 Å². The fourth-order valence-electron chi connectivity index (χ4n) is 4.24. The molecule has 4 rings (SSSR count). The van der Waals surface area contributed by atoms with Crippen LogP contribution in [0.4, 0.5) is 0 Å². The van der Waals surface area contributed by atoms with Crippen molar-refractivity contribution in [1.82, 2.24) is 30.0 Å². The van der Waals surface area contributed by atoms with E-state index in [9.17, 15) is 4.79 Å². The van der Waals surface area contributed by atoms with E-state index >= 15 is 0 Å². The molecule has 2 aromatic heterocycles. The summed E-state index contributed by atoms with van der Waals surface area (Å²) >= 11 is 2.97. The summed E-state index contributed by atoms with van der Waals surface area (Å²) in [7, 11) is 0. The molecule has 0 bridgehead atoms. The number of carbonyl (C=O) groups is 1. The first-order chi connectivity index (χ1) is 16.4. The van der Waals surface area contributed by atoms with Gasteiger partial charge in [0.15, 0.2) is 10.3 Å².